The van der Waals surface area contributed by atoms with Crippen LogP contribution in [0.15, 0.2) is 4.79 Å². The van der Waals surface area contributed by atoms with Crippen molar-refractivity contribution >= 4 is 0 Å². The Morgan fingerprint density at radius 3 is 2.42 bits per heavy atom. The molecule has 0 amide bonds. The molecule has 0 aliphatic heterocycles. The molecule has 2 N–H and O–H groups in total. The highest BCUT2D eigenvalue weighted by Gasteiger charge is 2.37. The van der Waals surface area contributed by atoms with Crippen molar-refractivity contribution in [3.63, 3.8) is 0 Å². The van der Waals surface area contributed by atoms with Crippen LogP contribution < -0.4 is 5.56 Å². The SMILES string of the molecule is COC1(c2nc(O)c(C(C)C)c(=O)[nH]2)CCCCC1. The predicted molar refractivity (Wildman–Crippen MR) is 72.4 cm³/mol. The number of ether oxygens (including phenoxy) is 1. The number of aromatic hydroxyl groups is 1. The molecule has 1 saturated carbocycles. The van der Waals surface area contributed by atoms with Crippen LogP contribution in [0.3, 0.4) is 0 Å². The molecule has 1 aromatic heterocycles. The highest BCUT2D eigenvalue weighted by molar-refractivity contribution is 5.27. The van der Waals surface area contributed by atoms with Crippen LogP contribution in [0.4, 0.5) is 0 Å². The summed E-state index contributed by atoms with van der Waals surface area (Å²) in [5.41, 5.74) is -0.477. The molecule has 0 bridgehead atoms. The van der Waals surface area contributed by atoms with E-state index >= 15 is 0 Å². The first-order valence-electron chi connectivity index (χ1n) is 6.89. The standard InChI is InChI=1S/C14H22N2O3/c1-9(2)10-11(17)15-13(16-12(10)18)14(19-3)7-5-4-6-8-14/h9H,4-8H2,1-3H3,(H2,15,16,17,18). The van der Waals surface area contributed by atoms with E-state index in [1.165, 1.54) is 6.42 Å². The van der Waals surface area contributed by atoms with Gasteiger partial charge < -0.3 is 14.8 Å². The van der Waals surface area contributed by atoms with Crippen LogP contribution in [-0.4, -0.2) is 22.2 Å². The van der Waals surface area contributed by atoms with E-state index in [0.717, 1.165) is 25.7 Å². The second-order valence-corrected chi connectivity index (χ2v) is 5.57. The number of aromatic nitrogens is 2. The van der Waals surface area contributed by atoms with Gasteiger partial charge >= 0.3 is 0 Å². The van der Waals surface area contributed by atoms with Crippen molar-refractivity contribution in [1.29, 1.82) is 0 Å². The zero-order chi connectivity index (χ0) is 14.0. The molecule has 1 fully saturated rings. The fourth-order valence-corrected chi connectivity index (χ4v) is 2.87. The number of rotatable bonds is 3. The van der Waals surface area contributed by atoms with E-state index in [-0.39, 0.29) is 17.4 Å². The highest BCUT2D eigenvalue weighted by atomic mass is 16.5. The summed E-state index contributed by atoms with van der Waals surface area (Å²) in [7, 11) is 1.64. The Morgan fingerprint density at radius 2 is 1.95 bits per heavy atom. The minimum absolute atomic E-state index is 0.0600. The van der Waals surface area contributed by atoms with Gasteiger partial charge in [-0.05, 0) is 18.8 Å². The summed E-state index contributed by atoms with van der Waals surface area (Å²) < 4.78 is 5.63. The first kappa shape index (κ1) is 14.1. The van der Waals surface area contributed by atoms with Crippen molar-refractivity contribution in [2.24, 2.45) is 0 Å². The molecule has 5 nitrogen and oxygen atoms in total. The van der Waals surface area contributed by atoms with Crippen LogP contribution in [0.2, 0.25) is 0 Å². The van der Waals surface area contributed by atoms with Crippen LogP contribution in [0, 0.1) is 0 Å². The number of methoxy groups -OCH3 is 1. The van der Waals surface area contributed by atoms with Crippen molar-refractivity contribution in [3.8, 4) is 5.88 Å². The summed E-state index contributed by atoms with van der Waals surface area (Å²) in [4.78, 5) is 19.1. The lowest BCUT2D eigenvalue weighted by atomic mass is 9.84. The molecule has 19 heavy (non-hydrogen) atoms. The Kier molecular flexibility index (Phi) is 3.94. The van der Waals surface area contributed by atoms with Crippen LogP contribution in [0.25, 0.3) is 0 Å². The smallest absolute Gasteiger partial charge is 0.258 e. The third-order valence-electron chi connectivity index (χ3n) is 4.00. The van der Waals surface area contributed by atoms with E-state index in [2.05, 4.69) is 9.97 Å². The number of H-pyrrole nitrogens is 1. The van der Waals surface area contributed by atoms with Crippen LogP contribution in [0.5, 0.6) is 5.88 Å². The fraction of sp³-hybridized carbons (Fsp3) is 0.714. The summed E-state index contributed by atoms with van der Waals surface area (Å²) in [6.07, 6.45) is 4.92. The Bertz CT molecular complexity index is 502. The molecule has 1 aliphatic carbocycles. The van der Waals surface area contributed by atoms with E-state index < -0.39 is 5.60 Å². The van der Waals surface area contributed by atoms with Gasteiger partial charge in [0.05, 0.1) is 5.56 Å². The predicted octanol–water partition coefficient (Wildman–Crippen LogP) is 2.40. The Hall–Kier alpha value is -1.36. The molecule has 0 atom stereocenters. The molecule has 5 heteroatoms. The molecule has 0 aromatic carbocycles. The molecule has 0 saturated heterocycles. The van der Waals surface area contributed by atoms with Gasteiger partial charge in [0, 0.05) is 7.11 Å². The van der Waals surface area contributed by atoms with Crippen molar-refractivity contribution in [2.45, 2.75) is 57.5 Å². The molecule has 0 unspecified atom stereocenters. The summed E-state index contributed by atoms with van der Waals surface area (Å²) in [5, 5.41) is 10.00. The molecular formula is C14H22N2O3. The molecule has 2 rings (SSSR count). The van der Waals surface area contributed by atoms with E-state index in [1.807, 2.05) is 13.8 Å². The van der Waals surface area contributed by atoms with Crippen LogP contribution in [-0.2, 0) is 10.3 Å². The Balaban J connectivity index is 2.48. The first-order chi connectivity index (χ1) is 9.00. The van der Waals surface area contributed by atoms with Crippen molar-refractivity contribution in [3.05, 3.63) is 21.7 Å². The third kappa shape index (κ3) is 2.52. The van der Waals surface area contributed by atoms with Crippen LogP contribution >= 0.6 is 0 Å². The van der Waals surface area contributed by atoms with Crippen LogP contribution in [0.1, 0.15) is 63.3 Å². The Labute approximate surface area is 113 Å². The fourth-order valence-electron chi connectivity index (χ4n) is 2.87. The van der Waals surface area contributed by atoms with E-state index in [1.54, 1.807) is 7.11 Å². The summed E-state index contributed by atoms with van der Waals surface area (Å²) in [5.74, 6) is 0.229. The average Bonchev–Trinajstić information content (AvgIpc) is 2.38. The van der Waals surface area contributed by atoms with Crippen molar-refractivity contribution in [1.82, 2.24) is 9.97 Å². The average molecular weight is 266 g/mol. The number of hydrogen-bond donors (Lipinski definition) is 2. The highest BCUT2D eigenvalue weighted by Crippen LogP contribution is 2.38. The number of nitrogens with zero attached hydrogens (tertiary/aromatic N) is 1. The molecule has 0 spiro atoms. The normalized spacial score (nSPS) is 18.7. The van der Waals surface area contributed by atoms with Gasteiger partial charge in [-0.2, -0.15) is 4.98 Å². The summed E-state index contributed by atoms with van der Waals surface area (Å²) in [6.45, 7) is 3.72. The quantitative estimate of drug-likeness (QED) is 0.881. The molecule has 1 heterocycles. The molecular weight excluding hydrogens is 244 g/mol. The topological polar surface area (TPSA) is 75.2 Å². The third-order valence-corrected chi connectivity index (χ3v) is 4.00. The molecule has 1 aliphatic rings. The Morgan fingerprint density at radius 1 is 1.32 bits per heavy atom. The maximum absolute atomic E-state index is 12.1. The lowest BCUT2D eigenvalue weighted by Crippen LogP contribution is -2.35. The number of nitrogens with one attached hydrogen (secondary N) is 1. The second kappa shape index (κ2) is 5.33. The van der Waals surface area contributed by atoms with Gasteiger partial charge in [-0.15, -0.1) is 0 Å². The zero-order valence-electron chi connectivity index (χ0n) is 11.8. The van der Waals surface area contributed by atoms with Gasteiger partial charge in [0.25, 0.3) is 5.56 Å². The van der Waals surface area contributed by atoms with E-state index in [0.29, 0.717) is 11.4 Å². The lowest BCUT2D eigenvalue weighted by molar-refractivity contribution is -0.0520. The minimum atomic E-state index is -0.551. The van der Waals surface area contributed by atoms with E-state index in [9.17, 15) is 9.90 Å². The van der Waals surface area contributed by atoms with Gasteiger partial charge in [0.15, 0.2) is 0 Å². The minimum Gasteiger partial charge on any atom is -0.493 e. The molecule has 1 aromatic rings. The zero-order valence-corrected chi connectivity index (χ0v) is 11.8. The molecule has 106 valence electrons. The number of hydrogen-bond acceptors (Lipinski definition) is 4. The van der Waals surface area contributed by atoms with Gasteiger partial charge in [-0.1, -0.05) is 33.1 Å². The summed E-state index contributed by atoms with van der Waals surface area (Å²) >= 11 is 0. The van der Waals surface area contributed by atoms with Crippen molar-refractivity contribution < 1.29 is 9.84 Å². The van der Waals surface area contributed by atoms with Crippen molar-refractivity contribution in [2.75, 3.05) is 7.11 Å². The summed E-state index contributed by atoms with van der Waals surface area (Å²) in [6, 6.07) is 0. The maximum Gasteiger partial charge on any atom is 0.258 e. The van der Waals surface area contributed by atoms with Gasteiger partial charge in [-0.3, -0.25) is 4.79 Å². The largest absolute Gasteiger partial charge is 0.493 e. The molecule has 0 radical (unpaired) electrons. The maximum atomic E-state index is 12.1. The lowest BCUT2D eigenvalue weighted by Gasteiger charge is -2.34. The first-order valence-corrected chi connectivity index (χ1v) is 6.89. The monoisotopic (exact) mass is 266 g/mol. The van der Waals surface area contributed by atoms with Gasteiger partial charge in [-0.25, -0.2) is 0 Å². The second-order valence-electron chi connectivity index (χ2n) is 5.57. The number of aromatic amines is 1. The van der Waals surface area contributed by atoms with Gasteiger partial charge in [0.2, 0.25) is 5.88 Å². The van der Waals surface area contributed by atoms with E-state index in [4.69, 9.17) is 4.74 Å². The van der Waals surface area contributed by atoms with Gasteiger partial charge in [0.1, 0.15) is 11.4 Å².